The molecule has 11 nitrogen and oxygen atoms in total. The van der Waals surface area contributed by atoms with Crippen molar-refractivity contribution in [3.63, 3.8) is 0 Å². The minimum absolute atomic E-state index is 0.0502. The molecule has 0 aliphatic heterocycles. The van der Waals surface area contributed by atoms with Gasteiger partial charge < -0.3 is 46.1 Å². The number of carbonyl (C=O) groups is 2. The lowest BCUT2D eigenvalue weighted by atomic mass is 10.0. The molecular weight excluding hydrogens is 501 g/mol. The number of aliphatic hydroxyl groups excluding tert-OH is 5. The summed E-state index contributed by atoms with van der Waals surface area (Å²) in [6, 6.07) is 2.84. The molecule has 1 aromatic carbocycles. The van der Waals surface area contributed by atoms with Crippen molar-refractivity contribution in [2.24, 2.45) is 5.73 Å². The molecule has 4 unspecified atom stereocenters. The van der Waals surface area contributed by atoms with Gasteiger partial charge in [-0.2, -0.15) is 13.2 Å². The number of amides is 2. The average molecular weight is 524 g/mol. The molecule has 4 atom stereocenters. The number of carbonyl (C=O) groups excluding carboxylic acids is 2. The molecule has 35 heavy (non-hydrogen) atoms. The minimum atomic E-state index is -5.00. The topological polar surface area (TPSA) is 192 Å². The zero-order valence-corrected chi connectivity index (χ0v) is 18.8. The zero-order chi connectivity index (χ0) is 26.5. The number of hydrogen-bond donors (Lipinski definition) is 7. The van der Waals surface area contributed by atoms with Crippen LogP contribution in [0, 0.1) is 0 Å². The summed E-state index contributed by atoms with van der Waals surface area (Å²) in [6.45, 7) is -0.557. The lowest BCUT2D eigenvalue weighted by Gasteiger charge is -2.27. The summed E-state index contributed by atoms with van der Waals surface area (Å²) in [5.74, 6) is -1.77. The van der Waals surface area contributed by atoms with Crippen molar-refractivity contribution in [3.05, 3.63) is 34.7 Å². The fourth-order valence-electron chi connectivity index (χ4n) is 2.91. The quantitative estimate of drug-likeness (QED) is 0.175. The number of rotatable bonds is 10. The number of halogens is 3. The molecule has 2 amide bonds. The fourth-order valence-corrected chi connectivity index (χ4v) is 3.94. The van der Waals surface area contributed by atoms with Crippen LogP contribution in [0.25, 0.3) is 10.4 Å². The fraction of sp³-hybridized carbons (Fsp3) is 0.400. The summed E-state index contributed by atoms with van der Waals surface area (Å²) >= 11 is 0.719. The predicted octanol–water partition coefficient (Wildman–Crippen LogP) is 0.873. The van der Waals surface area contributed by atoms with Gasteiger partial charge in [-0.3, -0.25) is 0 Å². The Morgan fingerprint density at radius 1 is 1.14 bits per heavy atom. The maximum absolute atomic E-state index is 13.7. The number of benzene rings is 1. The van der Waals surface area contributed by atoms with E-state index in [2.05, 4.69) is 10.1 Å². The summed E-state index contributed by atoms with van der Waals surface area (Å²) < 4.78 is 50.6. The number of esters is 1. The summed E-state index contributed by atoms with van der Waals surface area (Å²) in [6.07, 6.45) is -13.6. The van der Waals surface area contributed by atoms with E-state index in [-0.39, 0.29) is 27.4 Å². The second-order valence-corrected chi connectivity index (χ2v) is 8.16. The van der Waals surface area contributed by atoms with E-state index in [1.807, 2.05) is 0 Å². The third kappa shape index (κ3) is 7.03. The lowest BCUT2D eigenvalue weighted by Crippen LogP contribution is -2.47. The van der Waals surface area contributed by atoms with Crippen molar-refractivity contribution in [1.82, 2.24) is 0 Å². The van der Waals surface area contributed by atoms with E-state index >= 15 is 0 Å². The molecule has 0 saturated heterocycles. The van der Waals surface area contributed by atoms with Crippen LogP contribution in [0.2, 0.25) is 0 Å². The first-order chi connectivity index (χ1) is 16.3. The molecule has 194 valence electrons. The second kappa shape index (κ2) is 11.7. The first-order valence-corrected chi connectivity index (χ1v) is 10.6. The average Bonchev–Trinajstić information content (AvgIpc) is 3.20. The largest absolute Gasteiger partial charge is 0.465 e. The van der Waals surface area contributed by atoms with Crippen LogP contribution in [0.1, 0.15) is 21.7 Å². The Bertz CT molecular complexity index is 1050. The molecule has 0 saturated carbocycles. The molecule has 1 heterocycles. The number of hydrogen-bond acceptors (Lipinski definition) is 10. The van der Waals surface area contributed by atoms with Gasteiger partial charge >= 0.3 is 18.2 Å². The Balaban J connectivity index is 2.42. The van der Waals surface area contributed by atoms with Gasteiger partial charge in [0.15, 0.2) is 0 Å². The van der Waals surface area contributed by atoms with Crippen LogP contribution in [0.4, 0.5) is 23.7 Å². The van der Waals surface area contributed by atoms with Gasteiger partial charge in [-0.1, -0.05) is 0 Å². The molecule has 15 heteroatoms. The van der Waals surface area contributed by atoms with Gasteiger partial charge in [-0.15, -0.1) is 11.3 Å². The van der Waals surface area contributed by atoms with Crippen LogP contribution >= 0.6 is 11.3 Å². The summed E-state index contributed by atoms with van der Waals surface area (Å²) in [7, 11) is 1.07. The molecule has 0 aliphatic rings. The Kier molecular flexibility index (Phi) is 9.42. The van der Waals surface area contributed by atoms with E-state index in [0.717, 1.165) is 30.6 Å². The third-order valence-corrected chi connectivity index (χ3v) is 5.80. The summed E-state index contributed by atoms with van der Waals surface area (Å²) in [5, 5.41) is 50.2. The van der Waals surface area contributed by atoms with E-state index < -0.39 is 60.7 Å². The number of urea groups is 1. The number of aliphatic hydroxyl groups is 5. The number of anilines is 1. The summed E-state index contributed by atoms with van der Waals surface area (Å²) in [4.78, 5) is 23.2. The molecule has 2 rings (SSSR count). The second-order valence-electron chi connectivity index (χ2n) is 7.11. The standard InChI is InChI=1S/C20H23F3N2O9S/c1-33-18(31)16-10(25-19(24)32)7-13(35-16)8-2-3-12(9(6-8)20(21,22)23)34-17(30)15(29)14(28)11(27)4-5-26/h2-3,6-7,11,14-15,17,26-30H,4-5H2,1H3,(H3,24,25,32). The van der Waals surface area contributed by atoms with Crippen molar-refractivity contribution >= 4 is 29.0 Å². The highest BCUT2D eigenvalue weighted by Gasteiger charge is 2.37. The number of thiophene rings is 1. The number of ether oxygens (including phenoxy) is 2. The first-order valence-electron chi connectivity index (χ1n) is 9.80. The Morgan fingerprint density at radius 3 is 2.34 bits per heavy atom. The minimum Gasteiger partial charge on any atom is -0.465 e. The number of methoxy groups -OCH3 is 1. The molecular formula is C20H23F3N2O9S. The molecule has 0 aliphatic carbocycles. The van der Waals surface area contributed by atoms with Gasteiger partial charge in [0.05, 0.1) is 24.5 Å². The van der Waals surface area contributed by atoms with Crippen LogP contribution in [-0.2, 0) is 10.9 Å². The molecule has 0 fully saturated rings. The highest BCUT2D eigenvalue weighted by Crippen LogP contribution is 2.42. The molecule has 8 N–H and O–H groups in total. The molecule has 0 bridgehead atoms. The normalized spacial score (nSPS) is 15.1. The smallest absolute Gasteiger partial charge is 0.419 e. The molecule has 0 spiro atoms. The molecule has 0 radical (unpaired) electrons. The van der Waals surface area contributed by atoms with Crippen molar-refractivity contribution in [1.29, 1.82) is 0 Å². The summed E-state index contributed by atoms with van der Waals surface area (Å²) in [5.41, 5.74) is 3.56. The molecule has 1 aromatic heterocycles. The van der Waals surface area contributed by atoms with Gasteiger partial charge in [-0.25, -0.2) is 9.59 Å². The van der Waals surface area contributed by atoms with Crippen LogP contribution in [0.15, 0.2) is 24.3 Å². The van der Waals surface area contributed by atoms with Crippen molar-refractivity contribution < 1.29 is 57.8 Å². The van der Waals surface area contributed by atoms with E-state index in [4.69, 9.17) is 15.6 Å². The monoisotopic (exact) mass is 524 g/mol. The number of alkyl halides is 3. The predicted molar refractivity (Wildman–Crippen MR) is 116 cm³/mol. The number of primary amides is 1. The van der Waals surface area contributed by atoms with Gasteiger partial charge in [0.2, 0.25) is 6.29 Å². The Labute approximate surface area is 200 Å². The highest BCUT2D eigenvalue weighted by atomic mass is 32.1. The van der Waals surface area contributed by atoms with Gasteiger partial charge in [-0.05, 0) is 36.2 Å². The maximum atomic E-state index is 13.7. The van der Waals surface area contributed by atoms with Crippen LogP contribution in [0.3, 0.4) is 0 Å². The first kappa shape index (κ1) is 28.3. The number of nitrogens with two attached hydrogens (primary N) is 1. The molecule has 2 aromatic rings. The van der Waals surface area contributed by atoms with E-state index in [1.54, 1.807) is 0 Å². The van der Waals surface area contributed by atoms with Crippen LogP contribution in [0.5, 0.6) is 5.75 Å². The SMILES string of the molecule is COC(=O)c1sc(-c2ccc(OC(O)C(O)C(O)C(O)CCO)c(C(F)(F)F)c2)cc1NC(N)=O. The third-order valence-electron chi connectivity index (χ3n) is 4.64. The van der Waals surface area contributed by atoms with Gasteiger partial charge in [0.1, 0.15) is 22.8 Å². The van der Waals surface area contributed by atoms with Gasteiger partial charge in [0, 0.05) is 11.5 Å². The zero-order valence-electron chi connectivity index (χ0n) is 18.0. The number of nitrogens with one attached hydrogen (secondary N) is 1. The van der Waals surface area contributed by atoms with Gasteiger partial charge in [0.25, 0.3) is 0 Å². The van der Waals surface area contributed by atoms with Crippen molar-refractivity contribution in [3.8, 4) is 16.2 Å². The van der Waals surface area contributed by atoms with Crippen LogP contribution in [-0.4, -0.2) is 75.9 Å². The Morgan fingerprint density at radius 2 is 1.80 bits per heavy atom. The van der Waals surface area contributed by atoms with Crippen molar-refractivity contribution in [2.45, 2.75) is 37.2 Å². The van der Waals surface area contributed by atoms with E-state index in [0.29, 0.717) is 6.07 Å². The van der Waals surface area contributed by atoms with Crippen molar-refractivity contribution in [2.75, 3.05) is 19.0 Å². The van der Waals surface area contributed by atoms with E-state index in [9.17, 15) is 43.2 Å². The highest BCUT2D eigenvalue weighted by molar-refractivity contribution is 7.18. The van der Waals surface area contributed by atoms with Crippen LogP contribution < -0.4 is 15.8 Å². The maximum Gasteiger partial charge on any atom is 0.419 e. The Hall–Kier alpha value is -2.95. The lowest BCUT2D eigenvalue weighted by molar-refractivity contribution is -0.171. The van der Waals surface area contributed by atoms with E-state index in [1.165, 1.54) is 6.07 Å².